The summed E-state index contributed by atoms with van der Waals surface area (Å²) in [6, 6.07) is 9.82. The fourth-order valence-electron chi connectivity index (χ4n) is 3.39. The van der Waals surface area contributed by atoms with Gasteiger partial charge in [0.25, 0.3) is 0 Å². The van der Waals surface area contributed by atoms with E-state index >= 15 is 0 Å². The predicted octanol–water partition coefficient (Wildman–Crippen LogP) is 4.75. The maximum absolute atomic E-state index is 11.8. The lowest BCUT2D eigenvalue weighted by atomic mass is 9.99. The molecule has 4 rings (SSSR count). The fraction of sp³-hybridized carbons (Fsp3) is 0.143. The Morgan fingerprint density at radius 1 is 1.07 bits per heavy atom. The highest BCUT2D eigenvalue weighted by atomic mass is 35.5. The highest BCUT2D eigenvalue weighted by Crippen LogP contribution is 2.42. The van der Waals surface area contributed by atoms with Crippen LogP contribution >= 0.6 is 11.6 Å². The van der Waals surface area contributed by atoms with Crippen molar-refractivity contribution in [2.24, 2.45) is 0 Å². The molecule has 0 spiro atoms. The highest BCUT2D eigenvalue weighted by molar-refractivity contribution is 6.30. The van der Waals surface area contributed by atoms with E-state index in [1.54, 1.807) is 30.3 Å². The summed E-state index contributed by atoms with van der Waals surface area (Å²) in [6.07, 6.45) is 0.247. The van der Waals surface area contributed by atoms with Gasteiger partial charge in [-0.1, -0.05) is 18.5 Å². The first-order valence-electron chi connectivity index (χ1n) is 8.60. The van der Waals surface area contributed by atoms with E-state index in [0.29, 0.717) is 44.7 Å². The summed E-state index contributed by atoms with van der Waals surface area (Å²) in [5.74, 6) is -1.04. The van der Waals surface area contributed by atoms with Crippen LogP contribution in [0.15, 0.2) is 50.0 Å². The molecule has 2 heterocycles. The number of furan rings is 1. The quantitative estimate of drug-likeness (QED) is 0.481. The van der Waals surface area contributed by atoms with E-state index in [1.165, 1.54) is 6.07 Å². The van der Waals surface area contributed by atoms with Gasteiger partial charge in [0.2, 0.25) is 5.75 Å². The number of aryl methyl sites for hydroxylation is 1. The van der Waals surface area contributed by atoms with E-state index in [-0.39, 0.29) is 23.3 Å². The molecule has 0 amide bonds. The van der Waals surface area contributed by atoms with Gasteiger partial charge >= 0.3 is 11.6 Å². The molecule has 28 heavy (non-hydrogen) atoms. The Bertz CT molecular complexity index is 1280. The molecule has 4 aromatic rings. The van der Waals surface area contributed by atoms with Crippen LogP contribution in [0, 0.1) is 0 Å². The van der Waals surface area contributed by atoms with Gasteiger partial charge in [0, 0.05) is 33.0 Å². The zero-order chi connectivity index (χ0) is 20.0. The van der Waals surface area contributed by atoms with E-state index in [0.717, 1.165) is 0 Å². The molecule has 0 saturated carbocycles. The standard InChI is InChI=1S/C21H15ClO6/c1-2-10-7-17(25)27-20-13(10)8-14-15(9-16(23)24)19(28-21(14)18(20)26)11-3-5-12(22)6-4-11/h3-8,26H,2,9H2,1H3,(H,23,24). The number of phenolic OH excluding ortho intramolecular Hbond substituents is 1. The van der Waals surface area contributed by atoms with Gasteiger partial charge < -0.3 is 19.0 Å². The van der Waals surface area contributed by atoms with Gasteiger partial charge in [0.05, 0.1) is 6.42 Å². The number of fused-ring (bicyclic) bond motifs is 2. The van der Waals surface area contributed by atoms with Crippen molar-refractivity contribution in [1.82, 2.24) is 0 Å². The highest BCUT2D eigenvalue weighted by Gasteiger charge is 2.24. The zero-order valence-corrected chi connectivity index (χ0v) is 15.5. The van der Waals surface area contributed by atoms with Crippen molar-refractivity contribution in [3.8, 4) is 17.1 Å². The molecule has 2 aromatic carbocycles. The van der Waals surface area contributed by atoms with Crippen LogP contribution < -0.4 is 5.63 Å². The van der Waals surface area contributed by atoms with Crippen molar-refractivity contribution in [3.63, 3.8) is 0 Å². The maximum Gasteiger partial charge on any atom is 0.336 e. The number of carboxylic acid groups (broad SMARTS) is 1. The van der Waals surface area contributed by atoms with Gasteiger partial charge in [-0.05, 0) is 42.3 Å². The minimum atomic E-state index is -1.03. The molecule has 0 atom stereocenters. The Morgan fingerprint density at radius 3 is 2.39 bits per heavy atom. The lowest BCUT2D eigenvalue weighted by Crippen LogP contribution is -2.02. The van der Waals surface area contributed by atoms with E-state index in [9.17, 15) is 19.8 Å². The number of halogens is 1. The molecule has 0 aliphatic carbocycles. The summed E-state index contributed by atoms with van der Waals surface area (Å²) in [4.78, 5) is 23.3. The number of rotatable bonds is 4. The van der Waals surface area contributed by atoms with E-state index in [2.05, 4.69) is 0 Å². The van der Waals surface area contributed by atoms with Gasteiger partial charge in [-0.2, -0.15) is 0 Å². The summed E-state index contributed by atoms with van der Waals surface area (Å²) >= 11 is 5.94. The van der Waals surface area contributed by atoms with E-state index in [1.807, 2.05) is 6.92 Å². The lowest BCUT2D eigenvalue weighted by molar-refractivity contribution is -0.136. The monoisotopic (exact) mass is 398 g/mol. The minimum Gasteiger partial charge on any atom is -0.502 e. The Labute approximate surface area is 163 Å². The summed E-state index contributed by atoms with van der Waals surface area (Å²) in [5.41, 5.74) is 1.26. The summed E-state index contributed by atoms with van der Waals surface area (Å²) in [5, 5.41) is 21.7. The van der Waals surface area contributed by atoms with Gasteiger partial charge in [-0.15, -0.1) is 0 Å². The van der Waals surface area contributed by atoms with Crippen molar-refractivity contribution in [2.75, 3.05) is 0 Å². The Morgan fingerprint density at radius 2 is 1.75 bits per heavy atom. The second-order valence-electron chi connectivity index (χ2n) is 6.41. The van der Waals surface area contributed by atoms with Crippen LogP contribution in [-0.2, 0) is 17.6 Å². The van der Waals surface area contributed by atoms with Crippen LogP contribution in [0.2, 0.25) is 5.02 Å². The van der Waals surface area contributed by atoms with Gasteiger partial charge in [0.1, 0.15) is 5.76 Å². The molecule has 2 aromatic heterocycles. The topological polar surface area (TPSA) is 101 Å². The van der Waals surface area contributed by atoms with Crippen molar-refractivity contribution in [2.45, 2.75) is 19.8 Å². The Kier molecular flexibility index (Phi) is 4.35. The number of aliphatic carboxylic acids is 1. The van der Waals surface area contributed by atoms with Gasteiger partial charge in [0.15, 0.2) is 11.2 Å². The summed E-state index contributed by atoms with van der Waals surface area (Å²) < 4.78 is 11.1. The molecule has 0 aliphatic rings. The molecule has 0 radical (unpaired) electrons. The van der Waals surface area contributed by atoms with Crippen molar-refractivity contribution >= 4 is 39.5 Å². The zero-order valence-electron chi connectivity index (χ0n) is 14.8. The van der Waals surface area contributed by atoms with Crippen LogP contribution in [-0.4, -0.2) is 16.2 Å². The number of phenols is 1. The van der Waals surface area contributed by atoms with E-state index in [4.69, 9.17) is 20.4 Å². The first kappa shape index (κ1) is 18.1. The van der Waals surface area contributed by atoms with Gasteiger partial charge in [-0.3, -0.25) is 4.79 Å². The fourth-order valence-corrected chi connectivity index (χ4v) is 3.52. The number of carboxylic acids is 1. The second kappa shape index (κ2) is 6.73. The second-order valence-corrected chi connectivity index (χ2v) is 6.85. The van der Waals surface area contributed by atoms with Crippen LogP contribution in [0.3, 0.4) is 0 Å². The van der Waals surface area contributed by atoms with Crippen molar-refractivity contribution in [3.05, 3.63) is 63.0 Å². The van der Waals surface area contributed by atoms with Crippen LogP contribution in [0.25, 0.3) is 33.3 Å². The molecule has 0 bridgehead atoms. The van der Waals surface area contributed by atoms with Crippen molar-refractivity contribution < 1.29 is 23.8 Å². The lowest BCUT2D eigenvalue weighted by Gasteiger charge is -2.05. The van der Waals surface area contributed by atoms with Crippen LogP contribution in [0.5, 0.6) is 5.75 Å². The first-order chi connectivity index (χ1) is 13.4. The summed E-state index contributed by atoms with van der Waals surface area (Å²) in [6.45, 7) is 1.88. The Balaban J connectivity index is 2.12. The first-order valence-corrected chi connectivity index (χ1v) is 8.98. The molecule has 0 fully saturated rings. The predicted molar refractivity (Wildman–Crippen MR) is 105 cm³/mol. The number of hydrogen-bond acceptors (Lipinski definition) is 5. The van der Waals surface area contributed by atoms with Gasteiger partial charge in [-0.25, -0.2) is 4.79 Å². The normalized spacial score (nSPS) is 11.4. The number of benzene rings is 2. The molecule has 0 unspecified atom stereocenters. The molecule has 0 saturated heterocycles. The molecule has 6 nitrogen and oxygen atoms in total. The maximum atomic E-state index is 11.8. The molecule has 142 valence electrons. The third kappa shape index (κ3) is 2.92. The Hall–Kier alpha value is -3.25. The molecular weight excluding hydrogens is 384 g/mol. The van der Waals surface area contributed by atoms with Crippen LogP contribution in [0.1, 0.15) is 18.1 Å². The van der Waals surface area contributed by atoms with E-state index < -0.39 is 11.6 Å². The summed E-state index contributed by atoms with van der Waals surface area (Å²) in [7, 11) is 0. The minimum absolute atomic E-state index is 0.0233. The molecule has 2 N–H and O–H groups in total. The van der Waals surface area contributed by atoms with Crippen molar-refractivity contribution in [1.29, 1.82) is 0 Å². The third-order valence-corrected chi connectivity index (χ3v) is 4.92. The average molecular weight is 399 g/mol. The molecular formula is C21H15ClO6. The smallest absolute Gasteiger partial charge is 0.336 e. The third-order valence-electron chi connectivity index (χ3n) is 4.67. The molecule has 0 aliphatic heterocycles. The average Bonchev–Trinajstić information content (AvgIpc) is 3.01. The SMILES string of the molecule is CCc1cc(=O)oc2c(O)c3oc(-c4ccc(Cl)cc4)c(CC(=O)O)c3cc12. The van der Waals surface area contributed by atoms with Crippen LogP contribution in [0.4, 0.5) is 0 Å². The number of carbonyl (C=O) groups is 1. The molecule has 7 heteroatoms. The number of hydrogen-bond donors (Lipinski definition) is 2. The number of aromatic hydroxyl groups is 1. The largest absolute Gasteiger partial charge is 0.502 e.